The van der Waals surface area contributed by atoms with E-state index in [0.29, 0.717) is 34.9 Å². The Morgan fingerprint density at radius 1 is 1.10 bits per heavy atom. The number of amides is 3. The maximum absolute atomic E-state index is 12.8. The quantitative estimate of drug-likeness (QED) is 0.726. The van der Waals surface area contributed by atoms with Crippen molar-refractivity contribution in [2.75, 3.05) is 16.8 Å². The van der Waals surface area contributed by atoms with E-state index in [9.17, 15) is 14.4 Å². The van der Waals surface area contributed by atoms with Gasteiger partial charge in [-0.05, 0) is 49.6 Å². The van der Waals surface area contributed by atoms with E-state index in [4.69, 9.17) is 11.6 Å². The lowest BCUT2D eigenvalue weighted by atomic mass is 10.0. The number of carbonyl (C=O) groups excluding carboxylic acids is 3. The Labute approximate surface area is 181 Å². The van der Waals surface area contributed by atoms with Gasteiger partial charge in [0.2, 0.25) is 11.8 Å². The molecule has 1 unspecified atom stereocenters. The highest BCUT2D eigenvalue weighted by molar-refractivity contribution is 6.34. The summed E-state index contributed by atoms with van der Waals surface area (Å²) in [6, 6.07) is 11.5. The Morgan fingerprint density at radius 3 is 2.37 bits per heavy atom. The van der Waals surface area contributed by atoms with E-state index in [1.807, 2.05) is 32.9 Å². The summed E-state index contributed by atoms with van der Waals surface area (Å²) >= 11 is 6.36. The fourth-order valence-corrected chi connectivity index (χ4v) is 3.67. The number of carbonyl (C=O) groups is 3. The third-order valence-electron chi connectivity index (χ3n) is 5.13. The zero-order chi connectivity index (χ0) is 21.8. The summed E-state index contributed by atoms with van der Waals surface area (Å²) in [5, 5.41) is 6.03. The van der Waals surface area contributed by atoms with Gasteiger partial charge in [-0.1, -0.05) is 43.1 Å². The highest BCUT2D eigenvalue weighted by atomic mass is 35.5. The Bertz CT molecular complexity index is 957. The molecule has 3 rings (SSSR count). The van der Waals surface area contributed by atoms with Gasteiger partial charge >= 0.3 is 0 Å². The Hall–Kier alpha value is -2.86. The molecule has 0 radical (unpaired) electrons. The van der Waals surface area contributed by atoms with Crippen LogP contribution in [0.5, 0.6) is 0 Å². The van der Waals surface area contributed by atoms with Crippen LogP contribution in [0.2, 0.25) is 5.02 Å². The smallest absolute Gasteiger partial charge is 0.251 e. The van der Waals surface area contributed by atoms with Crippen LogP contribution in [0.25, 0.3) is 0 Å². The number of nitrogens with zero attached hydrogens (tertiary/aromatic N) is 1. The highest BCUT2D eigenvalue weighted by Crippen LogP contribution is 2.31. The van der Waals surface area contributed by atoms with E-state index in [-0.39, 0.29) is 23.6 Å². The molecule has 1 atom stereocenters. The first-order chi connectivity index (χ1) is 14.3. The summed E-state index contributed by atoms with van der Waals surface area (Å²) in [6.07, 6.45) is 1.33. The van der Waals surface area contributed by atoms with Crippen LogP contribution in [-0.4, -0.2) is 30.3 Å². The first kappa shape index (κ1) is 21.8. The molecular weight excluding hydrogens is 402 g/mol. The summed E-state index contributed by atoms with van der Waals surface area (Å²) in [5.74, 6) is -0.694. The minimum absolute atomic E-state index is 0.0485. The number of aryl methyl sites for hydroxylation is 1. The minimum atomic E-state index is -0.711. The summed E-state index contributed by atoms with van der Waals surface area (Å²) in [6.45, 7) is 6.33. The van der Waals surface area contributed by atoms with Crippen molar-refractivity contribution < 1.29 is 14.4 Å². The molecule has 0 aliphatic carbocycles. The van der Waals surface area contributed by atoms with E-state index < -0.39 is 6.04 Å². The van der Waals surface area contributed by atoms with E-state index in [1.54, 1.807) is 35.2 Å². The van der Waals surface area contributed by atoms with Gasteiger partial charge in [-0.3, -0.25) is 14.4 Å². The van der Waals surface area contributed by atoms with Crippen LogP contribution in [0.1, 0.15) is 42.6 Å². The highest BCUT2D eigenvalue weighted by Gasteiger charge is 2.26. The molecular formula is C23H26ClN3O3. The van der Waals surface area contributed by atoms with Gasteiger partial charge in [-0.25, -0.2) is 0 Å². The van der Waals surface area contributed by atoms with E-state index in [2.05, 4.69) is 10.6 Å². The van der Waals surface area contributed by atoms with Gasteiger partial charge in [0.1, 0.15) is 6.04 Å². The monoisotopic (exact) mass is 427 g/mol. The summed E-state index contributed by atoms with van der Waals surface area (Å²) in [4.78, 5) is 39.0. The lowest BCUT2D eigenvalue weighted by Gasteiger charge is -2.22. The van der Waals surface area contributed by atoms with Crippen molar-refractivity contribution in [3.63, 3.8) is 0 Å². The SMILES string of the molecule is Cc1ccc(C(=O)NC(C(=O)Nc2ccc(N3CCCC3=O)c(Cl)c2)C(C)C)cc1. The lowest BCUT2D eigenvalue weighted by Crippen LogP contribution is -2.47. The maximum atomic E-state index is 12.8. The van der Waals surface area contributed by atoms with Crippen LogP contribution in [-0.2, 0) is 9.59 Å². The van der Waals surface area contributed by atoms with Gasteiger partial charge in [0.15, 0.2) is 0 Å². The van der Waals surface area contributed by atoms with Gasteiger partial charge in [-0.15, -0.1) is 0 Å². The molecule has 2 aromatic carbocycles. The van der Waals surface area contributed by atoms with Crippen LogP contribution in [0, 0.1) is 12.8 Å². The molecule has 1 aliphatic heterocycles. The average Bonchev–Trinajstić information content (AvgIpc) is 3.12. The third-order valence-corrected chi connectivity index (χ3v) is 5.43. The molecule has 7 heteroatoms. The number of halogens is 1. The van der Waals surface area contributed by atoms with Crippen molar-refractivity contribution in [3.05, 3.63) is 58.6 Å². The average molecular weight is 428 g/mol. The van der Waals surface area contributed by atoms with Crippen molar-refractivity contribution in [3.8, 4) is 0 Å². The lowest BCUT2D eigenvalue weighted by molar-refractivity contribution is -0.119. The zero-order valence-corrected chi connectivity index (χ0v) is 18.1. The molecule has 0 bridgehead atoms. The molecule has 158 valence electrons. The Morgan fingerprint density at radius 2 is 1.80 bits per heavy atom. The predicted octanol–water partition coefficient (Wildman–Crippen LogP) is 4.17. The van der Waals surface area contributed by atoms with E-state index >= 15 is 0 Å². The first-order valence-electron chi connectivity index (χ1n) is 10.0. The van der Waals surface area contributed by atoms with Gasteiger partial charge in [0.25, 0.3) is 5.91 Å². The zero-order valence-electron chi connectivity index (χ0n) is 17.4. The minimum Gasteiger partial charge on any atom is -0.340 e. The van der Waals surface area contributed by atoms with E-state index in [1.165, 1.54) is 0 Å². The van der Waals surface area contributed by atoms with Crippen molar-refractivity contribution in [2.24, 2.45) is 5.92 Å². The number of rotatable bonds is 6. The van der Waals surface area contributed by atoms with Crippen molar-refractivity contribution >= 4 is 40.7 Å². The normalized spacial score (nSPS) is 14.7. The molecule has 0 spiro atoms. The van der Waals surface area contributed by atoms with Gasteiger partial charge in [-0.2, -0.15) is 0 Å². The van der Waals surface area contributed by atoms with Crippen LogP contribution in [0.3, 0.4) is 0 Å². The third kappa shape index (κ3) is 5.00. The summed E-state index contributed by atoms with van der Waals surface area (Å²) < 4.78 is 0. The molecule has 6 nitrogen and oxygen atoms in total. The first-order valence-corrected chi connectivity index (χ1v) is 10.4. The number of anilines is 2. The molecule has 30 heavy (non-hydrogen) atoms. The van der Waals surface area contributed by atoms with Gasteiger partial charge in [0.05, 0.1) is 10.7 Å². The standard InChI is InChI=1S/C23H26ClN3O3/c1-14(2)21(26-22(29)16-8-6-15(3)7-9-16)23(30)25-17-10-11-19(18(24)13-17)27-12-4-5-20(27)28/h6-11,13-14,21H,4-5,12H2,1-3H3,(H,25,30)(H,26,29). The Kier molecular flexibility index (Phi) is 6.77. The molecule has 1 aliphatic rings. The number of nitrogens with one attached hydrogen (secondary N) is 2. The van der Waals surface area contributed by atoms with E-state index in [0.717, 1.165) is 12.0 Å². The molecule has 3 amide bonds. The molecule has 1 saturated heterocycles. The topological polar surface area (TPSA) is 78.5 Å². The number of benzene rings is 2. The second kappa shape index (κ2) is 9.30. The molecule has 0 saturated carbocycles. The second-order valence-electron chi connectivity index (χ2n) is 7.87. The number of hydrogen-bond acceptors (Lipinski definition) is 3. The maximum Gasteiger partial charge on any atom is 0.251 e. The molecule has 1 fully saturated rings. The van der Waals surface area contributed by atoms with Crippen LogP contribution in [0.15, 0.2) is 42.5 Å². The van der Waals surface area contributed by atoms with Crippen molar-refractivity contribution in [2.45, 2.75) is 39.7 Å². The van der Waals surface area contributed by atoms with Crippen LogP contribution >= 0.6 is 11.6 Å². The van der Waals surface area contributed by atoms with Crippen molar-refractivity contribution in [1.82, 2.24) is 5.32 Å². The molecule has 2 N–H and O–H groups in total. The van der Waals surface area contributed by atoms with Gasteiger partial charge in [0, 0.05) is 24.2 Å². The van der Waals surface area contributed by atoms with Gasteiger partial charge < -0.3 is 15.5 Å². The van der Waals surface area contributed by atoms with Crippen molar-refractivity contribution in [1.29, 1.82) is 0 Å². The molecule has 0 aromatic heterocycles. The molecule has 2 aromatic rings. The summed E-state index contributed by atoms with van der Waals surface area (Å²) in [7, 11) is 0. The van der Waals surface area contributed by atoms with Crippen LogP contribution in [0.4, 0.5) is 11.4 Å². The fourth-order valence-electron chi connectivity index (χ4n) is 3.39. The molecule has 1 heterocycles. The second-order valence-corrected chi connectivity index (χ2v) is 8.27. The summed E-state index contributed by atoms with van der Waals surface area (Å²) in [5.41, 5.74) is 2.71. The van der Waals surface area contributed by atoms with Crippen LogP contribution < -0.4 is 15.5 Å². The largest absolute Gasteiger partial charge is 0.340 e. The number of hydrogen-bond donors (Lipinski definition) is 2. The predicted molar refractivity (Wildman–Crippen MR) is 119 cm³/mol. The Balaban J connectivity index is 1.70. The fraction of sp³-hybridized carbons (Fsp3) is 0.348.